The summed E-state index contributed by atoms with van der Waals surface area (Å²) < 4.78 is 0. The molecule has 0 aliphatic rings. The standard InChI is InChI=1S/C4H5NS.CH4O/c1-4-5-2-3-6-4;1-2/h2-3H,1H3;2H,1H3. The van der Waals surface area contributed by atoms with Gasteiger partial charge < -0.3 is 5.11 Å². The van der Waals surface area contributed by atoms with Gasteiger partial charge in [0.15, 0.2) is 0 Å². The third kappa shape index (κ3) is 2.71. The van der Waals surface area contributed by atoms with Crippen LogP contribution in [0.5, 0.6) is 0 Å². The summed E-state index contributed by atoms with van der Waals surface area (Å²) in [7, 11) is 1.00. The molecule has 1 N–H and O–H groups in total. The fourth-order valence-electron chi connectivity index (χ4n) is 0.295. The molecule has 0 unspecified atom stereocenters. The summed E-state index contributed by atoms with van der Waals surface area (Å²) in [6, 6.07) is 0. The molecule has 0 aliphatic carbocycles. The monoisotopic (exact) mass is 131 g/mol. The van der Waals surface area contributed by atoms with Gasteiger partial charge in [-0.2, -0.15) is 0 Å². The smallest absolute Gasteiger partial charge is 0.0893 e. The average Bonchev–Trinajstić information content (AvgIpc) is 2.24. The van der Waals surface area contributed by atoms with Crippen molar-refractivity contribution in [2.75, 3.05) is 7.11 Å². The Hall–Kier alpha value is -0.410. The molecule has 3 heteroatoms. The van der Waals surface area contributed by atoms with Crippen molar-refractivity contribution in [3.05, 3.63) is 16.6 Å². The average molecular weight is 131 g/mol. The van der Waals surface area contributed by atoms with Gasteiger partial charge in [0.1, 0.15) is 0 Å². The molecule has 0 atom stereocenters. The van der Waals surface area contributed by atoms with E-state index >= 15 is 0 Å². The first kappa shape index (κ1) is 7.59. The van der Waals surface area contributed by atoms with E-state index in [0.717, 1.165) is 12.1 Å². The lowest BCUT2D eigenvalue weighted by molar-refractivity contribution is 0.399. The Balaban J connectivity index is 0.000000222. The number of aryl methyl sites for hydroxylation is 1. The third-order valence-corrected chi connectivity index (χ3v) is 1.26. The third-order valence-electron chi connectivity index (χ3n) is 0.556. The Morgan fingerprint density at radius 1 is 1.62 bits per heavy atom. The molecular weight excluding hydrogens is 122 g/mol. The molecule has 0 bridgehead atoms. The molecule has 2 nitrogen and oxygen atoms in total. The molecule has 1 rings (SSSR count). The van der Waals surface area contributed by atoms with E-state index in [-0.39, 0.29) is 0 Å². The summed E-state index contributed by atoms with van der Waals surface area (Å²) in [4.78, 5) is 3.94. The first-order chi connectivity index (χ1) is 3.89. The molecular formula is C5H9NOS. The minimum absolute atomic E-state index is 1.00. The van der Waals surface area contributed by atoms with Crippen LogP contribution in [0.1, 0.15) is 5.01 Å². The van der Waals surface area contributed by atoms with Gasteiger partial charge in [-0.1, -0.05) is 0 Å². The van der Waals surface area contributed by atoms with Crippen LogP contribution in [0.4, 0.5) is 0 Å². The van der Waals surface area contributed by atoms with E-state index in [2.05, 4.69) is 4.98 Å². The largest absolute Gasteiger partial charge is 0.400 e. The number of aliphatic hydroxyl groups excluding tert-OH is 1. The van der Waals surface area contributed by atoms with Gasteiger partial charge in [-0.3, -0.25) is 4.98 Å². The van der Waals surface area contributed by atoms with Gasteiger partial charge in [0.05, 0.1) is 5.01 Å². The lowest BCUT2D eigenvalue weighted by Crippen LogP contribution is -1.56. The lowest BCUT2D eigenvalue weighted by atomic mass is 10.8. The first-order valence-corrected chi connectivity index (χ1v) is 3.08. The fourth-order valence-corrected chi connectivity index (χ4v) is 0.735. The zero-order chi connectivity index (χ0) is 6.41. The number of thiazole rings is 1. The number of aromatic nitrogens is 1. The molecule has 0 saturated heterocycles. The maximum atomic E-state index is 7.00. The predicted molar refractivity (Wildman–Crippen MR) is 35.0 cm³/mol. The van der Waals surface area contributed by atoms with Gasteiger partial charge in [0, 0.05) is 18.7 Å². The summed E-state index contributed by atoms with van der Waals surface area (Å²) in [6.07, 6.45) is 1.81. The van der Waals surface area contributed by atoms with Crippen molar-refractivity contribution in [2.45, 2.75) is 6.92 Å². The number of aliphatic hydroxyl groups is 1. The minimum atomic E-state index is 1.00. The SMILES string of the molecule is CO.Cc1nccs1. The van der Waals surface area contributed by atoms with Gasteiger partial charge in [-0.15, -0.1) is 11.3 Å². The fraction of sp³-hybridized carbons (Fsp3) is 0.400. The Bertz CT molecular complexity index is 116. The van der Waals surface area contributed by atoms with Gasteiger partial charge >= 0.3 is 0 Å². The van der Waals surface area contributed by atoms with Crippen molar-refractivity contribution in [1.29, 1.82) is 0 Å². The molecule has 1 heterocycles. The molecule has 0 spiro atoms. The van der Waals surface area contributed by atoms with Crippen LogP contribution in [-0.2, 0) is 0 Å². The highest BCUT2D eigenvalue weighted by molar-refractivity contribution is 7.09. The van der Waals surface area contributed by atoms with Crippen molar-refractivity contribution < 1.29 is 5.11 Å². The Labute approximate surface area is 52.8 Å². The molecule has 1 aromatic heterocycles. The van der Waals surface area contributed by atoms with Crippen LogP contribution in [0.15, 0.2) is 11.6 Å². The van der Waals surface area contributed by atoms with E-state index in [1.807, 2.05) is 12.3 Å². The van der Waals surface area contributed by atoms with Crippen LogP contribution in [0.25, 0.3) is 0 Å². The van der Waals surface area contributed by atoms with E-state index < -0.39 is 0 Å². The Morgan fingerprint density at radius 2 is 2.25 bits per heavy atom. The van der Waals surface area contributed by atoms with Crippen molar-refractivity contribution in [2.24, 2.45) is 0 Å². The van der Waals surface area contributed by atoms with Crippen LogP contribution in [-0.4, -0.2) is 17.2 Å². The Kier molecular flexibility index (Phi) is 4.50. The van der Waals surface area contributed by atoms with E-state index in [1.165, 1.54) is 0 Å². The summed E-state index contributed by atoms with van der Waals surface area (Å²) in [5.41, 5.74) is 0. The maximum absolute atomic E-state index is 7.00. The molecule has 8 heavy (non-hydrogen) atoms. The topological polar surface area (TPSA) is 33.1 Å². The number of hydrogen-bond acceptors (Lipinski definition) is 3. The second kappa shape index (κ2) is 4.74. The van der Waals surface area contributed by atoms with E-state index in [9.17, 15) is 0 Å². The van der Waals surface area contributed by atoms with Crippen molar-refractivity contribution in [3.8, 4) is 0 Å². The predicted octanol–water partition coefficient (Wildman–Crippen LogP) is 1.06. The van der Waals surface area contributed by atoms with Crippen LogP contribution < -0.4 is 0 Å². The molecule has 46 valence electrons. The van der Waals surface area contributed by atoms with E-state index in [4.69, 9.17) is 5.11 Å². The molecule has 0 aromatic carbocycles. The number of nitrogens with zero attached hydrogens (tertiary/aromatic N) is 1. The van der Waals surface area contributed by atoms with Gasteiger partial charge in [0.25, 0.3) is 0 Å². The normalized spacial score (nSPS) is 7.38. The molecule has 1 aromatic rings. The van der Waals surface area contributed by atoms with E-state index in [0.29, 0.717) is 0 Å². The zero-order valence-electron chi connectivity index (χ0n) is 4.96. The van der Waals surface area contributed by atoms with E-state index in [1.54, 1.807) is 17.5 Å². The second-order valence-corrected chi connectivity index (χ2v) is 2.15. The summed E-state index contributed by atoms with van der Waals surface area (Å²) >= 11 is 1.67. The Morgan fingerprint density at radius 3 is 2.38 bits per heavy atom. The minimum Gasteiger partial charge on any atom is -0.400 e. The first-order valence-electron chi connectivity index (χ1n) is 2.20. The molecule has 0 saturated carbocycles. The van der Waals surface area contributed by atoms with Crippen LogP contribution in [0.3, 0.4) is 0 Å². The highest BCUT2D eigenvalue weighted by atomic mass is 32.1. The number of hydrogen-bond donors (Lipinski definition) is 1. The zero-order valence-corrected chi connectivity index (χ0v) is 5.77. The molecule has 0 fully saturated rings. The highest BCUT2D eigenvalue weighted by Gasteiger charge is 1.76. The maximum Gasteiger partial charge on any atom is 0.0893 e. The molecule has 0 amide bonds. The van der Waals surface area contributed by atoms with Gasteiger partial charge in [-0.25, -0.2) is 0 Å². The van der Waals surface area contributed by atoms with Crippen molar-refractivity contribution >= 4 is 11.3 Å². The van der Waals surface area contributed by atoms with Crippen molar-refractivity contribution in [1.82, 2.24) is 4.98 Å². The van der Waals surface area contributed by atoms with Gasteiger partial charge in [-0.05, 0) is 6.92 Å². The van der Waals surface area contributed by atoms with Crippen LogP contribution in [0.2, 0.25) is 0 Å². The summed E-state index contributed by atoms with van der Waals surface area (Å²) in [5.74, 6) is 0. The van der Waals surface area contributed by atoms with Crippen LogP contribution >= 0.6 is 11.3 Å². The summed E-state index contributed by atoms with van der Waals surface area (Å²) in [5, 5.41) is 10.1. The molecule has 0 aliphatic heterocycles. The van der Waals surface area contributed by atoms with Gasteiger partial charge in [0.2, 0.25) is 0 Å². The second-order valence-electron chi connectivity index (χ2n) is 1.05. The quantitative estimate of drug-likeness (QED) is 0.571. The molecule has 0 radical (unpaired) electrons. The van der Waals surface area contributed by atoms with Crippen LogP contribution in [0, 0.1) is 6.92 Å². The lowest BCUT2D eigenvalue weighted by Gasteiger charge is -1.65. The highest BCUT2D eigenvalue weighted by Crippen LogP contribution is 1.98. The number of rotatable bonds is 0. The van der Waals surface area contributed by atoms with Crippen molar-refractivity contribution in [3.63, 3.8) is 0 Å². The summed E-state index contributed by atoms with van der Waals surface area (Å²) in [6.45, 7) is 1.99.